The van der Waals surface area contributed by atoms with Crippen molar-refractivity contribution in [2.75, 3.05) is 13.7 Å². The van der Waals surface area contributed by atoms with Crippen LogP contribution in [0.4, 0.5) is 4.79 Å². The molecule has 4 fully saturated rings. The van der Waals surface area contributed by atoms with Crippen LogP contribution < -0.4 is 21.4 Å². The van der Waals surface area contributed by atoms with Gasteiger partial charge in [0.2, 0.25) is 17.7 Å². The highest BCUT2D eigenvalue weighted by Gasteiger charge is 2.50. The van der Waals surface area contributed by atoms with Crippen LogP contribution in [0, 0.1) is 23.7 Å². The molecule has 2 atom stereocenters. The van der Waals surface area contributed by atoms with Gasteiger partial charge in [-0.2, -0.15) is 0 Å². The predicted molar refractivity (Wildman–Crippen MR) is 176 cm³/mol. The lowest BCUT2D eigenvalue weighted by Crippen LogP contribution is -2.60. The summed E-state index contributed by atoms with van der Waals surface area (Å²) in [6, 6.07) is 16.6. The molecule has 4 saturated carbocycles. The molecule has 47 heavy (non-hydrogen) atoms. The molecular formula is C36H45N5O6. The third-order valence-electron chi connectivity index (χ3n) is 10.3. The van der Waals surface area contributed by atoms with Gasteiger partial charge in [0, 0.05) is 42.9 Å². The van der Waals surface area contributed by atoms with E-state index < -0.39 is 29.5 Å². The number of benzene rings is 2. The molecule has 4 aliphatic carbocycles. The van der Waals surface area contributed by atoms with Gasteiger partial charge in [0.25, 0.3) is 0 Å². The number of H-pyrrole nitrogens is 1. The topological polar surface area (TPSA) is 151 Å². The Labute approximate surface area is 274 Å². The number of aromatic nitrogens is 1. The Morgan fingerprint density at radius 2 is 1.55 bits per heavy atom. The average molecular weight is 644 g/mol. The van der Waals surface area contributed by atoms with Gasteiger partial charge < -0.3 is 25.7 Å². The van der Waals surface area contributed by atoms with Crippen LogP contribution in [-0.2, 0) is 30.4 Å². The van der Waals surface area contributed by atoms with Gasteiger partial charge in [0.15, 0.2) is 0 Å². The quantitative estimate of drug-likeness (QED) is 0.174. The zero-order valence-electron chi connectivity index (χ0n) is 27.1. The van der Waals surface area contributed by atoms with E-state index in [-0.39, 0.29) is 37.8 Å². The summed E-state index contributed by atoms with van der Waals surface area (Å²) in [6.07, 6.45) is 7.04. The largest absolute Gasteiger partial charge is 0.446 e. The van der Waals surface area contributed by atoms with Gasteiger partial charge in [0.05, 0.1) is 13.2 Å². The number of rotatable bonds is 13. The molecule has 7 rings (SSSR count). The first-order valence-electron chi connectivity index (χ1n) is 16.7. The molecule has 3 aromatic rings. The number of hydrogen-bond donors (Lipinski definition) is 5. The maximum Gasteiger partial charge on any atom is 0.408 e. The summed E-state index contributed by atoms with van der Waals surface area (Å²) in [5.74, 6) is 1.12. The van der Waals surface area contributed by atoms with Crippen molar-refractivity contribution in [2.24, 2.45) is 23.7 Å². The standard InChI is InChI=1S/C36H45N5O6/c1-36(19-27-20-37-29-11-7-6-10-28(27)29,40-35(45)47-33-25-15-22-14-23(17-25)18-26(33)16-22)34(44)38-21-30(24-8-4-3-5-9-24)39-31(42)12-13-32(43)41-46-2/h3-11,20,22-23,25-26,30,33,37H,12-19,21H2,1-2H3,(H,38,44)(H,39,42)(H,40,45)(H,41,43)/t22?,23?,25?,26?,30-,33?,36?/m1/s1. The fourth-order valence-corrected chi connectivity index (χ4v) is 8.27. The molecule has 4 amide bonds. The maximum atomic E-state index is 14.1. The number of alkyl carbamates (subject to hydrolysis) is 1. The van der Waals surface area contributed by atoms with Crippen LogP contribution >= 0.6 is 0 Å². The number of nitrogens with one attached hydrogen (secondary N) is 5. The monoisotopic (exact) mass is 643 g/mol. The Balaban J connectivity index is 1.17. The molecule has 4 bridgehead atoms. The van der Waals surface area contributed by atoms with Gasteiger partial charge >= 0.3 is 6.09 Å². The summed E-state index contributed by atoms with van der Waals surface area (Å²) < 4.78 is 6.15. The molecule has 5 N–H and O–H groups in total. The second-order valence-electron chi connectivity index (χ2n) is 13.8. The molecule has 4 aliphatic rings. The lowest BCUT2D eigenvalue weighted by atomic mass is 9.55. The molecule has 1 unspecified atom stereocenters. The number of fused-ring (bicyclic) bond motifs is 1. The Hall–Kier alpha value is -4.38. The van der Waals surface area contributed by atoms with Crippen LogP contribution in [-0.4, -0.2) is 54.1 Å². The summed E-state index contributed by atoms with van der Waals surface area (Å²) >= 11 is 0. The van der Waals surface area contributed by atoms with E-state index in [0.29, 0.717) is 11.8 Å². The van der Waals surface area contributed by atoms with E-state index in [1.54, 1.807) is 6.92 Å². The zero-order chi connectivity index (χ0) is 33.0. The lowest BCUT2D eigenvalue weighted by Gasteiger charge is -2.53. The fraction of sp³-hybridized carbons (Fsp3) is 0.500. The van der Waals surface area contributed by atoms with E-state index in [9.17, 15) is 19.2 Å². The number of hydrogen-bond acceptors (Lipinski definition) is 6. The SMILES string of the molecule is CONC(=O)CCC(=O)N[C@H](CNC(=O)C(C)(Cc1c[nH]c2ccccc12)NC(=O)OC1C2CC3CC(C2)CC1C3)c1ccccc1. The molecule has 0 aliphatic heterocycles. The van der Waals surface area contributed by atoms with Crippen molar-refractivity contribution in [3.63, 3.8) is 0 Å². The minimum Gasteiger partial charge on any atom is -0.446 e. The third kappa shape index (κ3) is 7.62. The smallest absolute Gasteiger partial charge is 0.408 e. The van der Waals surface area contributed by atoms with Crippen LogP contribution in [0.1, 0.15) is 69.0 Å². The first-order valence-corrected chi connectivity index (χ1v) is 16.7. The van der Waals surface area contributed by atoms with E-state index in [0.717, 1.165) is 59.5 Å². The van der Waals surface area contributed by atoms with Crippen molar-refractivity contribution in [1.29, 1.82) is 0 Å². The molecule has 0 radical (unpaired) electrons. The van der Waals surface area contributed by atoms with E-state index in [2.05, 4.69) is 31.3 Å². The molecule has 11 heteroatoms. The van der Waals surface area contributed by atoms with Gasteiger partial charge in [-0.25, -0.2) is 10.3 Å². The normalized spacial score (nSPS) is 24.6. The van der Waals surface area contributed by atoms with Crippen LogP contribution in [0.2, 0.25) is 0 Å². The van der Waals surface area contributed by atoms with Crippen molar-refractivity contribution in [3.05, 3.63) is 71.9 Å². The highest BCUT2D eigenvalue weighted by molar-refractivity contribution is 5.91. The second-order valence-corrected chi connectivity index (χ2v) is 13.8. The molecule has 2 aromatic carbocycles. The van der Waals surface area contributed by atoms with Crippen LogP contribution in [0.3, 0.4) is 0 Å². The summed E-state index contributed by atoms with van der Waals surface area (Å²) in [5.41, 5.74) is 3.45. The number of aromatic amines is 1. The molecule has 0 saturated heterocycles. The highest BCUT2D eigenvalue weighted by atomic mass is 16.6. The Morgan fingerprint density at radius 1 is 0.894 bits per heavy atom. The van der Waals surface area contributed by atoms with Crippen molar-refractivity contribution >= 4 is 34.7 Å². The fourth-order valence-electron chi connectivity index (χ4n) is 8.27. The maximum absolute atomic E-state index is 14.1. The Kier molecular flexibility index (Phi) is 9.81. The van der Waals surface area contributed by atoms with E-state index in [1.165, 1.54) is 13.5 Å². The molecule has 0 spiro atoms. The third-order valence-corrected chi connectivity index (χ3v) is 10.3. The lowest BCUT2D eigenvalue weighted by molar-refractivity contribution is -0.133. The van der Waals surface area contributed by atoms with Crippen LogP contribution in [0.5, 0.6) is 0 Å². The molecule has 11 nitrogen and oxygen atoms in total. The van der Waals surface area contributed by atoms with E-state index in [4.69, 9.17) is 4.74 Å². The van der Waals surface area contributed by atoms with Gasteiger partial charge in [-0.05, 0) is 79.9 Å². The number of para-hydroxylation sites is 1. The van der Waals surface area contributed by atoms with Crippen LogP contribution in [0.25, 0.3) is 10.9 Å². The van der Waals surface area contributed by atoms with E-state index >= 15 is 0 Å². The molecular weight excluding hydrogens is 598 g/mol. The van der Waals surface area contributed by atoms with Crippen molar-refractivity contribution in [1.82, 2.24) is 26.4 Å². The first kappa shape index (κ1) is 32.6. The van der Waals surface area contributed by atoms with Gasteiger partial charge in [-0.15, -0.1) is 0 Å². The van der Waals surface area contributed by atoms with Crippen molar-refractivity contribution in [2.45, 2.75) is 76.0 Å². The van der Waals surface area contributed by atoms with Gasteiger partial charge in [0.1, 0.15) is 11.6 Å². The number of ether oxygens (including phenoxy) is 1. The average Bonchev–Trinajstić information content (AvgIpc) is 3.46. The highest BCUT2D eigenvalue weighted by Crippen LogP contribution is 2.54. The number of carbonyl (C=O) groups excluding carboxylic acids is 4. The Bertz CT molecular complexity index is 1560. The minimum atomic E-state index is -1.36. The summed E-state index contributed by atoms with van der Waals surface area (Å²) in [5, 5.41) is 9.88. The van der Waals surface area contributed by atoms with E-state index in [1.807, 2.05) is 60.8 Å². The number of amides is 4. The summed E-state index contributed by atoms with van der Waals surface area (Å²) in [7, 11) is 1.33. The van der Waals surface area contributed by atoms with Crippen molar-refractivity contribution < 1.29 is 28.8 Å². The number of hydroxylamine groups is 1. The van der Waals surface area contributed by atoms with Crippen molar-refractivity contribution in [3.8, 4) is 0 Å². The number of carbonyl (C=O) groups is 4. The Morgan fingerprint density at radius 3 is 2.26 bits per heavy atom. The first-order chi connectivity index (χ1) is 22.7. The summed E-state index contributed by atoms with van der Waals surface area (Å²) in [6.45, 7) is 1.78. The van der Waals surface area contributed by atoms with Gasteiger partial charge in [-0.3, -0.25) is 19.2 Å². The minimum absolute atomic E-state index is 0.0493. The predicted octanol–water partition coefficient (Wildman–Crippen LogP) is 4.45. The van der Waals surface area contributed by atoms with Crippen LogP contribution in [0.15, 0.2) is 60.8 Å². The van der Waals surface area contributed by atoms with Gasteiger partial charge in [-0.1, -0.05) is 48.5 Å². The zero-order valence-corrected chi connectivity index (χ0v) is 27.1. The second kappa shape index (κ2) is 14.2. The molecule has 1 heterocycles. The molecule has 1 aromatic heterocycles. The molecule has 250 valence electrons. The summed E-state index contributed by atoms with van der Waals surface area (Å²) in [4.78, 5) is 60.3.